The van der Waals surface area contributed by atoms with Crippen molar-refractivity contribution in [1.29, 1.82) is 0 Å². The summed E-state index contributed by atoms with van der Waals surface area (Å²) in [6.45, 7) is 7.06. The first kappa shape index (κ1) is 17.5. The van der Waals surface area contributed by atoms with E-state index in [-0.39, 0.29) is 5.79 Å². The normalized spacial score (nSPS) is 19.1. The maximum absolute atomic E-state index is 6.21. The summed E-state index contributed by atoms with van der Waals surface area (Å²) < 4.78 is 11.6. The lowest BCUT2D eigenvalue weighted by molar-refractivity contribution is -0.169. The van der Waals surface area contributed by atoms with Gasteiger partial charge < -0.3 is 19.7 Å². The lowest BCUT2D eigenvalue weighted by atomic mass is 10.0. The zero-order valence-electron chi connectivity index (χ0n) is 15.1. The second-order valence-corrected chi connectivity index (χ2v) is 7.28. The molecule has 2 aliphatic heterocycles. The second-order valence-electron chi connectivity index (χ2n) is 6.87. The van der Waals surface area contributed by atoms with Crippen LogP contribution in [-0.4, -0.2) is 42.1 Å². The molecule has 26 heavy (non-hydrogen) atoms. The Labute approximate surface area is 158 Å². The van der Waals surface area contributed by atoms with Crippen LogP contribution >= 0.6 is 11.6 Å². The van der Waals surface area contributed by atoms with Gasteiger partial charge in [0.05, 0.1) is 13.2 Å². The number of aromatic nitrogens is 2. The van der Waals surface area contributed by atoms with E-state index >= 15 is 0 Å². The van der Waals surface area contributed by atoms with Crippen molar-refractivity contribution in [3.05, 3.63) is 40.5 Å². The molecule has 2 aromatic rings. The number of ether oxygens (including phenoxy) is 2. The van der Waals surface area contributed by atoms with Crippen molar-refractivity contribution in [3.8, 4) is 0 Å². The molecule has 0 saturated carbocycles. The van der Waals surface area contributed by atoms with Gasteiger partial charge in [-0.2, -0.15) is 4.98 Å². The number of nitrogens with zero attached hydrogens (tertiary/aromatic N) is 3. The second kappa shape index (κ2) is 7.02. The monoisotopic (exact) mass is 374 g/mol. The van der Waals surface area contributed by atoms with Gasteiger partial charge in [-0.3, -0.25) is 0 Å². The van der Waals surface area contributed by atoms with E-state index in [1.165, 1.54) is 0 Å². The van der Waals surface area contributed by atoms with Crippen LogP contribution in [0.1, 0.15) is 24.1 Å². The number of piperidine rings is 1. The van der Waals surface area contributed by atoms with Gasteiger partial charge in [-0.15, -0.1) is 0 Å². The fourth-order valence-corrected chi connectivity index (χ4v) is 3.61. The minimum Gasteiger partial charge on any atom is -0.356 e. The van der Waals surface area contributed by atoms with Gasteiger partial charge in [-0.1, -0.05) is 17.7 Å². The fraction of sp³-hybridized carbons (Fsp3) is 0.474. The molecule has 0 atom stereocenters. The van der Waals surface area contributed by atoms with E-state index in [2.05, 4.69) is 15.2 Å². The first-order valence-electron chi connectivity index (χ1n) is 8.95. The number of hydrogen-bond donors (Lipinski definition) is 1. The van der Waals surface area contributed by atoms with E-state index in [9.17, 15) is 0 Å². The van der Waals surface area contributed by atoms with E-state index in [0.29, 0.717) is 19.2 Å². The standard InChI is InChI=1S/C19H23ClN4O2/c1-13-3-4-15(12-16(13)20)22-18-21-14(2)11-17(23-18)24-7-5-19(6-8-24)25-9-10-26-19/h3-4,11-12H,5-10H2,1-2H3,(H,21,22,23). The molecule has 0 radical (unpaired) electrons. The van der Waals surface area contributed by atoms with Gasteiger partial charge in [0.15, 0.2) is 5.79 Å². The Balaban J connectivity index is 1.50. The van der Waals surface area contributed by atoms with Crippen LogP contribution < -0.4 is 10.2 Å². The van der Waals surface area contributed by atoms with Crippen LogP contribution in [0.5, 0.6) is 0 Å². The maximum atomic E-state index is 6.21. The molecule has 1 N–H and O–H groups in total. The van der Waals surface area contributed by atoms with Gasteiger partial charge in [-0.05, 0) is 31.5 Å². The lowest BCUT2D eigenvalue weighted by Gasteiger charge is -2.38. The van der Waals surface area contributed by atoms with Gasteiger partial charge in [0, 0.05) is 48.4 Å². The molecule has 2 aliphatic rings. The third-order valence-corrected chi connectivity index (χ3v) is 5.34. The van der Waals surface area contributed by atoms with Crippen LogP contribution in [0.15, 0.2) is 24.3 Å². The topological polar surface area (TPSA) is 59.5 Å². The minimum absolute atomic E-state index is 0.377. The highest BCUT2D eigenvalue weighted by molar-refractivity contribution is 6.31. The number of hydrogen-bond acceptors (Lipinski definition) is 6. The minimum atomic E-state index is -0.377. The molecule has 0 unspecified atom stereocenters. The van der Waals surface area contributed by atoms with E-state index in [4.69, 9.17) is 26.1 Å². The number of rotatable bonds is 3. The Morgan fingerprint density at radius 3 is 2.50 bits per heavy atom. The van der Waals surface area contributed by atoms with Gasteiger partial charge in [0.25, 0.3) is 0 Å². The Kier molecular flexibility index (Phi) is 4.73. The molecule has 7 heteroatoms. The Morgan fingerprint density at radius 2 is 1.81 bits per heavy atom. The highest BCUT2D eigenvalue weighted by Crippen LogP contribution is 2.33. The number of halogens is 1. The molecule has 0 amide bonds. The van der Waals surface area contributed by atoms with E-state index in [0.717, 1.165) is 53.7 Å². The molecule has 2 saturated heterocycles. The van der Waals surface area contributed by atoms with Crippen LogP contribution in [0, 0.1) is 13.8 Å². The number of benzene rings is 1. The first-order valence-corrected chi connectivity index (χ1v) is 9.33. The van der Waals surface area contributed by atoms with Crippen LogP contribution in [0.4, 0.5) is 17.5 Å². The van der Waals surface area contributed by atoms with Crippen LogP contribution in [0.3, 0.4) is 0 Å². The van der Waals surface area contributed by atoms with Crippen LogP contribution in [0.25, 0.3) is 0 Å². The van der Waals surface area contributed by atoms with Gasteiger partial charge in [0.2, 0.25) is 5.95 Å². The van der Waals surface area contributed by atoms with Gasteiger partial charge in [-0.25, -0.2) is 4.98 Å². The van der Waals surface area contributed by atoms with Crippen molar-refractivity contribution in [2.75, 3.05) is 36.5 Å². The average molecular weight is 375 g/mol. The largest absolute Gasteiger partial charge is 0.356 e. The smallest absolute Gasteiger partial charge is 0.229 e. The molecule has 1 aromatic carbocycles. The lowest BCUT2D eigenvalue weighted by Crippen LogP contribution is -2.45. The summed E-state index contributed by atoms with van der Waals surface area (Å²) in [5.41, 5.74) is 2.84. The first-order chi connectivity index (χ1) is 12.5. The molecule has 1 aromatic heterocycles. The summed E-state index contributed by atoms with van der Waals surface area (Å²) in [5, 5.41) is 3.98. The number of aryl methyl sites for hydroxylation is 2. The molecular formula is C19H23ClN4O2. The highest BCUT2D eigenvalue weighted by atomic mass is 35.5. The third-order valence-electron chi connectivity index (χ3n) is 4.93. The predicted octanol–water partition coefficient (Wildman–Crippen LogP) is 3.83. The van der Waals surface area contributed by atoms with Crippen molar-refractivity contribution in [2.24, 2.45) is 0 Å². The Morgan fingerprint density at radius 1 is 1.08 bits per heavy atom. The molecule has 0 aliphatic carbocycles. The van der Waals surface area contributed by atoms with E-state index in [1.54, 1.807) is 0 Å². The summed E-state index contributed by atoms with van der Waals surface area (Å²) in [6.07, 6.45) is 1.71. The zero-order valence-corrected chi connectivity index (χ0v) is 15.8. The van der Waals surface area contributed by atoms with Crippen molar-refractivity contribution in [1.82, 2.24) is 9.97 Å². The van der Waals surface area contributed by atoms with Crippen LogP contribution in [-0.2, 0) is 9.47 Å². The molecule has 1 spiro atoms. The van der Waals surface area contributed by atoms with Gasteiger partial charge in [0.1, 0.15) is 5.82 Å². The summed E-state index contributed by atoms with van der Waals surface area (Å²) in [4.78, 5) is 11.5. The molecule has 6 nitrogen and oxygen atoms in total. The van der Waals surface area contributed by atoms with Gasteiger partial charge >= 0.3 is 0 Å². The quantitative estimate of drug-likeness (QED) is 0.881. The van der Waals surface area contributed by atoms with Crippen molar-refractivity contribution >= 4 is 29.1 Å². The highest BCUT2D eigenvalue weighted by Gasteiger charge is 2.40. The molecule has 138 valence electrons. The average Bonchev–Trinajstić information content (AvgIpc) is 3.06. The third kappa shape index (κ3) is 3.63. The Hall–Kier alpha value is -1.89. The zero-order chi connectivity index (χ0) is 18.1. The van der Waals surface area contributed by atoms with E-state index < -0.39 is 0 Å². The summed E-state index contributed by atoms with van der Waals surface area (Å²) in [7, 11) is 0. The SMILES string of the molecule is Cc1cc(N2CCC3(CC2)OCCO3)nc(Nc2ccc(C)c(Cl)c2)n1. The van der Waals surface area contributed by atoms with E-state index in [1.807, 2.05) is 38.1 Å². The summed E-state index contributed by atoms with van der Waals surface area (Å²) >= 11 is 6.21. The van der Waals surface area contributed by atoms with Crippen LogP contribution in [0.2, 0.25) is 5.02 Å². The number of nitrogens with one attached hydrogen (secondary N) is 1. The van der Waals surface area contributed by atoms with Crippen molar-refractivity contribution in [2.45, 2.75) is 32.5 Å². The summed E-state index contributed by atoms with van der Waals surface area (Å²) in [5.74, 6) is 1.12. The molecule has 4 rings (SSSR count). The maximum Gasteiger partial charge on any atom is 0.229 e. The van der Waals surface area contributed by atoms with Crippen molar-refractivity contribution in [3.63, 3.8) is 0 Å². The molecule has 0 bridgehead atoms. The fourth-order valence-electron chi connectivity index (χ4n) is 3.43. The molecule has 3 heterocycles. The predicted molar refractivity (Wildman–Crippen MR) is 102 cm³/mol. The Bertz CT molecular complexity index is 798. The van der Waals surface area contributed by atoms with Crippen molar-refractivity contribution < 1.29 is 9.47 Å². The molecular weight excluding hydrogens is 352 g/mol. The summed E-state index contributed by atoms with van der Waals surface area (Å²) in [6, 6.07) is 7.86. The molecule has 2 fully saturated rings. The number of anilines is 3.